The van der Waals surface area contributed by atoms with Gasteiger partial charge in [0.15, 0.2) is 0 Å². The second kappa shape index (κ2) is 6.50. The van der Waals surface area contributed by atoms with Gasteiger partial charge >= 0.3 is 12.1 Å². The number of rotatable bonds is 4. The normalized spacial score (nSPS) is 18.5. The first-order valence-corrected chi connectivity index (χ1v) is 7.09. The minimum atomic E-state index is -4.46. The number of carbonyl (C=O) groups is 2. The summed E-state index contributed by atoms with van der Waals surface area (Å²) in [7, 11) is 1.20. The molecule has 0 aliphatic heterocycles. The molecule has 0 radical (unpaired) electrons. The van der Waals surface area contributed by atoms with Crippen molar-refractivity contribution in [3.05, 3.63) is 34.9 Å². The van der Waals surface area contributed by atoms with Gasteiger partial charge in [0.2, 0.25) is 0 Å². The Balaban J connectivity index is 2.28. The van der Waals surface area contributed by atoms with Gasteiger partial charge in [-0.05, 0) is 36.0 Å². The molecule has 1 aromatic rings. The van der Waals surface area contributed by atoms with Crippen molar-refractivity contribution < 1.29 is 27.5 Å². The van der Waals surface area contributed by atoms with E-state index in [0.717, 1.165) is 11.6 Å². The smallest absolute Gasteiger partial charge is 0.416 e. The molecule has 120 valence electrons. The van der Waals surface area contributed by atoms with E-state index in [1.807, 2.05) is 0 Å². The molecule has 22 heavy (non-hydrogen) atoms. The largest absolute Gasteiger partial charge is 0.469 e. The quantitative estimate of drug-likeness (QED) is 0.797. The molecular weight excluding hydrogens is 297 g/mol. The number of alkyl halides is 3. The topological polar surface area (TPSA) is 43.4 Å². The van der Waals surface area contributed by atoms with E-state index in [0.29, 0.717) is 19.3 Å². The van der Waals surface area contributed by atoms with Crippen molar-refractivity contribution >= 4 is 11.8 Å². The molecule has 1 saturated carbocycles. The van der Waals surface area contributed by atoms with E-state index in [1.165, 1.54) is 19.2 Å². The Bertz CT molecular complexity index is 578. The van der Waals surface area contributed by atoms with Crippen molar-refractivity contribution in [1.29, 1.82) is 0 Å². The van der Waals surface area contributed by atoms with E-state index in [2.05, 4.69) is 4.74 Å². The van der Waals surface area contributed by atoms with Gasteiger partial charge in [0.25, 0.3) is 0 Å². The van der Waals surface area contributed by atoms with Crippen molar-refractivity contribution in [1.82, 2.24) is 0 Å². The summed E-state index contributed by atoms with van der Waals surface area (Å²) in [6, 6.07) is 3.97. The minimum Gasteiger partial charge on any atom is -0.469 e. The van der Waals surface area contributed by atoms with Crippen molar-refractivity contribution in [2.24, 2.45) is 0 Å². The molecule has 0 spiro atoms. The Morgan fingerprint density at radius 1 is 1.36 bits per heavy atom. The van der Waals surface area contributed by atoms with Crippen molar-refractivity contribution in [3.63, 3.8) is 0 Å². The third-order valence-corrected chi connectivity index (χ3v) is 3.98. The first-order valence-electron chi connectivity index (χ1n) is 7.09. The summed E-state index contributed by atoms with van der Waals surface area (Å²) in [5.74, 6) is -0.428. The number of esters is 1. The van der Waals surface area contributed by atoms with Crippen LogP contribution in [0.4, 0.5) is 13.2 Å². The highest BCUT2D eigenvalue weighted by atomic mass is 19.4. The predicted molar refractivity (Wildman–Crippen MR) is 73.4 cm³/mol. The lowest BCUT2D eigenvalue weighted by Crippen LogP contribution is -2.12. The highest BCUT2D eigenvalue weighted by molar-refractivity contribution is 5.81. The number of ketones is 1. The lowest BCUT2D eigenvalue weighted by molar-refractivity contribution is -0.142. The average molecular weight is 314 g/mol. The Morgan fingerprint density at radius 3 is 2.64 bits per heavy atom. The molecule has 0 N–H and O–H groups in total. The van der Waals surface area contributed by atoms with Gasteiger partial charge < -0.3 is 4.74 Å². The van der Waals surface area contributed by atoms with Crippen LogP contribution in [0.5, 0.6) is 0 Å². The summed E-state index contributed by atoms with van der Waals surface area (Å²) in [4.78, 5) is 22.5. The molecule has 0 aromatic heterocycles. The maximum atomic E-state index is 13.1. The zero-order chi connectivity index (χ0) is 16.3. The number of benzene rings is 1. The molecule has 0 saturated heterocycles. The van der Waals surface area contributed by atoms with Crippen LogP contribution >= 0.6 is 0 Å². The number of halogens is 3. The molecule has 0 heterocycles. The second-order valence-corrected chi connectivity index (χ2v) is 5.47. The summed E-state index contributed by atoms with van der Waals surface area (Å²) in [6.45, 7) is 0. The summed E-state index contributed by atoms with van der Waals surface area (Å²) < 4.78 is 43.6. The minimum absolute atomic E-state index is 0.0216. The molecule has 2 rings (SSSR count). The lowest BCUT2D eigenvalue weighted by atomic mass is 9.92. The maximum Gasteiger partial charge on any atom is 0.416 e. The number of Topliss-reactive ketones (excluding diaryl/α,β-unsaturated/α-hetero) is 1. The summed E-state index contributed by atoms with van der Waals surface area (Å²) in [6.07, 6.45) is -3.08. The predicted octanol–water partition coefficient (Wildman–Crippen LogP) is 3.65. The molecule has 1 fully saturated rings. The zero-order valence-electron chi connectivity index (χ0n) is 12.2. The van der Waals surface area contributed by atoms with E-state index in [1.54, 1.807) is 0 Å². The molecule has 0 unspecified atom stereocenters. The number of hydrogen-bond donors (Lipinski definition) is 0. The van der Waals surface area contributed by atoms with Gasteiger partial charge in [-0.2, -0.15) is 13.2 Å². The molecule has 1 aliphatic rings. The van der Waals surface area contributed by atoms with Crippen LogP contribution in [0.1, 0.15) is 48.3 Å². The van der Waals surface area contributed by atoms with Crippen LogP contribution in [0.25, 0.3) is 0 Å². The Labute approximate surface area is 126 Å². The van der Waals surface area contributed by atoms with Crippen LogP contribution in [0.2, 0.25) is 0 Å². The van der Waals surface area contributed by atoms with Gasteiger partial charge in [-0.3, -0.25) is 9.59 Å². The third-order valence-electron chi connectivity index (χ3n) is 3.98. The van der Waals surface area contributed by atoms with Crippen molar-refractivity contribution in [2.75, 3.05) is 7.11 Å². The van der Waals surface area contributed by atoms with E-state index in [4.69, 9.17) is 0 Å². The van der Waals surface area contributed by atoms with Crippen LogP contribution < -0.4 is 0 Å². The van der Waals surface area contributed by atoms with Crippen LogP contribution in [-0.4, -0.2) is 18.9 Å². The number of aryl methyl sites for hydroxylation is 1. The number of hydrogen-bond acceptors (Lipinski definition) is 3. The maximum absolute atomic E-state index is 13.1. The average Bonchev–Trinajstić information content (AvgIpc) is 2.90. The highest BCUT2D eigenvalue weighted by Gasteiger charge is 2.34. The van der Waals surface area contributed by atoms with Gasteiger partial charge in [0.05, 0.1) is 12.7 Å². The van der Waals surface area contributed by atoms with Gasteiger partial charge in [0, 0.05) is 19.3 Å². The first kappa shape index (κ1) is 16.5. The van der Waals surface area contributed by atoms with E-state index < -0.39 is 17.7 Å². The molecule has 3 nitrogen and oxygen atoms in total. The van der Waals surface area contributed by atoms with Gasteiger partial charge in [-0.1, -0.05) is 12.1 Å². The Morgan fingerprint density at radius 2 is 2.09 bits per heavy atom. The van der Waals surface area contributed by atoms with Gasteiger partial charge in [0.1, 0.15) is 5.78 Å². The standard InChI is InChI=1S/C16H17F3O3/c1-22-15(21)7-4-12-8-10(11-2-5-13(20)9-11)3-6-14(12)16(17,18)19/h3,6,8,11H,2,4-5,7,9H2,1H3/t11-/m1/s1. The fourth-order valence-corrected chi connectivity index (χ4v) is 2.79. The SMILES string of the molecule is COC(=O)CCc1cc([C@@H]2CCC(=O)C2)ccc1C(F)(F)F. The monoisotopic (exact) mass is 314 g/mol. The lowest BCUT2D eigenvalue weighted by Gasteiger charge is -2.16. The van der Waals surface area contributed by atoms with Gasteiger partial charge in [-0.15, -0.1) is 0 Å². The Kier molecular flexibility index (Phi) is 4.88. The highest BCUT2D eigenvalue weighted by Crippen LogP contribution is 2.37. The fraction of sp³-hybridized carbons (Fsp3) is 0.500. The van der Waals surface area contributed by atoms with Crippen molar-refractivity contribution in [2.45, 2.75) is 44.2 Å². The second-order valence-electron chi connectivity index (χ2n) is 5.47. The zero-order valence-corrected chi connectivity index (χ0v) is 12.2. The van der Waals surface area contributed by atoms with Crippen LogP contribution in [0.15, 0.2) is 18.2 Å². The summed E-state index contributed by atoms with van der Waals surface area (Å²) >= 11 is 0. The summed E-state index contributed by atoms with van der Waals surface area (Å²) in [5.41, 5.74) is 0.0814. The fourth-order valence-electron chi connectivity index (χ4n) is 2.79. The number of ether oxygens (including phenoxy) is 1. The van der Waals surface area contributed by atoms with Crippen LogP contribution in [0.3, 0.4) is 0 Å². The van der Waals surface area contributed by atoms with E-state index in [-0.39, 0.29) is 30.1 Å². The molecule has 1 aliphatic carbocycles. The Hall–Kier alpha value is -1.85. The molecule has 0 bridgehead atoms. The van der Waals surface area contributed by atoms with Crippen molar-refractivity contribution in [3.8, 4) is 0 Å². The number of carbonyl (C=O) groups excluding carboxylic acids is 2. The van der Waals surface area contributed by atoms with Gasteiger partial charge in [-0.25, -0.2) is 0 Å². The van der Waals surface area contributed by atoms with Crippen LogP contribution in [0, 0.1) is 0 Å². The number of methoxy groups -OCH3 is 1. The molecule has 1 atom stereocenters. The molecule has 6 heteroatoms. The van der Waals surface area contributed by atoms with Crippen LogP contribution in [-0.2, 0) is 26.9 Å². The molecular formula is C16H17F3O3. The van der Waals surface area contributed by atoms with E-state index >= 15 is 0 Å². The van der Waals surface area contributed by atoms with E-state index in [9.17, 15) is 22.8 Å². The molecule has 0 amide bonds. The third kappa shape index (κ3) is 3.87. The first-order chi connectivity index (χ1) is 10.3. The summed E-state index contributed by atoms with van der Waals surface area (Å²) in [5, 5.41) is 0. The molecule has 1 aromatic carbocycles.